The number of amides is 1. The highest BCUT2D eigenvalue weighted by atomic mass is 16.5. The fraction of sp³-hybridized carbons (Fsp3) is 0.278. The first-order valence-electron chi connectivity index (χ1n) is 8.00. The number of rotatable bonds is 4. The molecule has 0 bridgehead atoms. The molecule has 3 aromatic rings. The van der Waals surface area contributed by atoms with Crippen molar-refractivity contribution in [2.45, 2.75) is 25.7 Å². The number of nitrogens with zero attached hydrogens (tertiary/aromatic N) is 3. The van der Waals surface area contributed by atoms with E-state index >= 15 is 0 Å². The summed E-state index contributed by atoms with van der Waals surface area (Å²) in [6, 6.07) is 9.86. The molecule has 1 saturated heterocycles. The summed E-state index contributed by atoms with van der Waals surface area (Å²) in [5.74, 6) is 0.996. The van der Waals surface area contributed by atoms with E-state index < -0.39 is 0 Å². The van der Waals surface area contributed by atoms with E-state index in [-0.39, 0.29) is 11.8 Å². The molecule has 4 rings (SSSR count). The van der Waals surface area contributed by atoms with Crippen LogP contribution in [0.3, 0.4) is 0 Å². The van der Waals surface area contributed by atoms with Crippen molar-refractivity contribution >= 4 is 11.6 Å². The molecular formula is C18H17N3O3. The maximum Gasteiger partial charge on any atom is 0.261 e. The molecule has 1 aliphatic heterocycles. The van der Waals surface area contributed by atoms with Crippen molar-refractivity contribution in [1.82, 2.24) is 10.1 Å². The van der Waals surface area contributed by atoms with Crippen LogP contribution in [0, 0.1) is 0 Å². The predicted octanol–water partition coefficient (Wildman–Crippen LogP) is 3.41. The molecule has 1 aromatic carbocycles. The summed E-state index contributed by atoms with van der Waals surface area (Å²) < 4.78 is 10.3. The lowest BCUT2D eigenvalue weighted by Crippen LogP contribution is -2.24. The minimum absolute atomic E-state index is 0.0623. The van der Waals surface area contributed by atoms with Gasteiger partial charge in [-0.15, -0.1) is 0 Å². The van der Waals surface area contributed by atoms with Crippen LogP contribution in [0.1, 0.15) is 30.7 Å². The third-order valence-corrected chi connectivity index (χ3v) is 4.36. The molecule has 3 heterocycles. The van der Waals surface area contributed by atoms with Gasteiger partial charge in [0.2, 0.25) is 5.91 Å². The average Bonchev–Trinajstić information content (AvgIpc) is 3.34. The van der Waals surface area contributed by atoms with Crippen molar-refractivity contribution in [2.75, 3.05) is 11.4 Å². The van der Waals surface area contributed by atoms with Crippen molar-refractivity contribution in [3.05, 3.63) is 54.2 Å². The number of anilines is 1. The number of carbonyl (C=O) groups is 1. The normalized spacial score (nSPS) is 17.6. The molecule has 1 atom stereocenters. The quantitative estimate of drug-likeness (QED) is 0.735. The Morgan fingerprint density at radius 3 is 2.79 bits per heavy atom. The lowest BCUT2D eigenvalue weighted by Gasteiger charge is -2.16. The van der Waals surface area contributed by atoms with Crippen molar-refractivity contribution < 1.29 is 13.7 Å². The van der Waals surface area contributed by atoms with E-state index in [1.807, 2.05) is 12.1 Å². The van der Waals surface area contributed by atoms with Gasteiger partial charge >= 0.3 is 0 Å². The fourth-order valence-corrected chi connectivity index (χ4v) is 2.95. The van der Waals surface area contributed by atoms with Crippen molar-refractivity contribution in [2.24, 2.45) is 0 Å². The topological polar surface area (TPSA) is 72.4 Å². The van der Waals surface area contributed by atoms with Gasteiger partial charge in [-0.05, 0) is 30.2 Å². The first kappa shape index (κ1) is 14.7. The van der Waals surface area contributed by atoms with Gasteiger partial charge in [0.25, 0.3) is 5.89 Å². The first-order valence-corrected chi connectivity index (χ1v) is 8.00. The highest BCUT2D eigenvalue weighted by Crippen LogP contribution is 2.31. The second-order valence-electron chi connectivity index (χ2n) is 5.90. The Morgan fingerprint density at radius 1 is 1.25 bits per heavy atom. The SMILES string of the molecule is CCc1ccc(N2C[C@H](c3noc(-c4ccoc4)n3)CC2=O)cc1. The second-order valence-corrected chi connectivity index (χ2v) is 5.90. The lowest BCUT2D eigenvalue weighted by molar-refractivity contribution is -0.117. The number of aromatic nitrogens is 2. The Balaban J connectivity index is 1.53. The number of hydrogen-bond acceptors (Lipinski definition) is 5. The van der Waals surface area contributed by atoms with Crippen molar-refractivity contribution in [3.8, 4) is 11.5 Å². The summed E-state index contributed by atoms with van der Waals surface area (Å²) >= 11 is 0. The number of hydrogen-bond donors (Lipinski definition) is 0. The third kappa shape index (κ3) is 2.60. The monoisotopic (exact) mass is 323 g/mol. The maximum atomic E-state index is 12.4. The van der Waals surface area contributed by atoms with Crippen LogP contribution in [0.4, 0.5) is 5.69 Å². The second kappa shape index (κ2) is 5.96. The van der Waals surface area contributed by atoms with E-state index in [0.717, 1.165) is 17.7 Å². The number of carbonyl (C=O) groups excluding carboxylic acids is 1. The summed E-state index contributed by atoms with van der Waals surface area (Å²) in [6.07, 6.45) is 4.48. The molecule has 0 radical (unpaired) electrons. The summed E-state index contributed by atoms with van der Waals surface area (Å²) in [6.45, 7) is 2.68. The van der Waals surface area contributed by atoms with Gasteiger partial charge in [-0.25, -0.2) is 0 Å². The van der Waals surface area contributed by atoms with Gasteiger partial charge in [-0.1, -0.05) is 24.2 Å². The van der Waals surface area contributed by atoms with Gasteiger partial charge in [0.15, 0.2) is 5.82 Å². The zero-order chi connectivity index (χ0) is 16.5. The van der Waals surface area contributed by atoms with E-state index in [4.69, 9.17) is 8.94 Å². The molecule has 24 heavy (non-hydrogen) atoms. The highest BCUT2D eigenvalue weighted by molar-refractivity contribution is 5.96. The molecule has 0 unspecified atom stereocenters. The Kier molecular flexibility index (Phi) is 3.65. The maximum absolute atomic E-state index is 12.4. The van der Waals surface area contributed by atoms with Crippen LogP contribution in [0.2, 0.25) is 0 Å². The molecule has 1 aliphatic rings. The Hall–Kier alpha value is -2.89. The van der Waals surface area contributed by atoms with E-state index in [1.54, 1.807) is 23.5 Å². The Labute approximate surface area is 139 Å². The van der Waals surface area contributed by atoms with Gasteiger partial charge in [0, 0.05) is 24.6 Å². The van der Waals surface area contributed by atoms with Gasteiger partial charge in [0.1, 0.15) is 6.26 Å². The number of furan rings is 1. The smallest absolute Gasteiger partial charge is 0.261 e. The van der Waals surface area contributed by atoms with Crippen LogP contribution in [0.25, 0.3) is 11.5 Å². The average molecular weight is 323 g/mol. The minimum Gasteiger partial charge on any atom is -0.472 e. The highest BCUT2D eigenvalue weighted by Gasteiger charge is 2.34. The Morgan fingerprint density at radius 2 is 2.08 bits per heavy atom. The van der Waals surface area contributed by atoms with Crippen LogP contribution in [-0.4, -0.2) is 22.6 Å². The molecule has 0 saturated carbocycles. The van der Waals surface area contributed by atoms with Crippen LogP contribution in [0.15, 0.2) is 51.8 Å². The number of benzene rings is 1. The van der Waals surface area contributed by atoms with E-state index in [2.05, 4.69) is 29.2 Å². The van der Waals surface area contributed by atoms with Crippen molar-refractivity contribution in [1.29, 1.82) is 0 Å². The van der Waals surface area contributed by atoms with E-state index in [1.165, 1.54) is 5.56 Å². The third-order valence-electron chi connectivity index (χ3n) is 4.36. The van der Waals surface area contributed by atoms with E-state index in [9.17, 15) is 4.79 Å². The molecule has 1 fully saturated rings. The van der Waals surface area contributed by atoms with Crippen molar-refractivity contribution in [3.63, 3.8) is 0 Å². The van der Waals surface area contributed by atoms with Crippen LogP contribution in [-0.2, 0) is 11.2 Å². The first-order chi connectivity index (χ1) is 11.7. The summed E-state index contributed by atoms with van der Waals surface area (Å²) in [7, 11) is 0. The zero-order valence-corrected chi connectivity index (χ0v) is 13.3. The fourth-order valence-electron chi connectivity index (χ4n) is 2.95. The molecule has 2 aromatic heterocycles. The predicted molar refractivity (Wildman–Crippen MR) is 87.5 cm³/mol. The molecule has 0 aliphatic carbocycles. The van der Waals surface area contributed by atoms with Crippen LogP contribution in [0.5, 0.6) is 0 Å². The Bertz CT molecular complexity index is 837. The van der Waals surface area contributed by atoms with Gasteiger partial charge < -0.3 is 13.8 Å². The lowest BCUT2D eigenvalue weighted by atomic mass is 10.1. The summed E-state index contributed by atoms with van der Waals surface area (Å²) in [5, 5.41) is 4.04. The molecular weight excluding hydrogens is 306 g/mol. The van der Waals surface area contributed by atoms with Crippen LogP contribution >= 0.6 is 0 Å². The van der Waals surface area contributed by atoms with Crippen LogP contribution < -0.4 is 4.90 Å². The minimum atomic E-state index is -0.0623. The zero-order valence-electron chi connectivity index (χ0n) is 13.3. The molecule has 1 amide bonds. The molecule has 6 nitrogen and oxygen atoms in total. The van der Waals surface area contributed by atoms with Gasteiger partial charge in [-0.2, -0.15) is 4.98 Å². The van der Waals surface area contributed by atoms with Gasteiger partial charge in [0.05, 0.1) is 11.8 Å². The number of aryl methyl sites for hydroxylation is 1. The molecule has 0 spiro atoms. The van der Waals surface area contributed by atoms with Gasteiger partial charge in [-0.3, -0.25) is 4.79 Å². The standard InChI is InChI=1S/C18H17N3O3/c1-2-12-3-5-15(6-4-12)21-10-14(9-16(21)22)17-19-18(24-20-17)13-7-8-23-11-13/h3-8,11,14H,2,9-10H2,1H3/t14-/m1/s1. The molecule has 6 heteroatoms. The summed E-state index contributed by atoms with van der Waals surface area (Å²) in [4.78, 5) is 18.6. The van der Waals surface area contributed by atoms with E-state index in [0.29, 0.717) is 24.7 Å². The molecule has 0 N–H and O–H groups in total. The molecule has 122 valence electrons. The summed E-state index contributed by atoms with van der Waals surface area (Å²) in [5.41, 5.74) is 2.91. The largest absolute Gasteiger partial charge is 0.472 e.